The fourth-order valence-corrected chi connectivity index (χ4v) is 3.54. The summed E-state index contributed by atoms with van der Waals surface area (Å²) < 4.78 is 14.3. The summed E-state index contributed by atoms with van der Waals surface area (Å²) in [6, 6.07) is 5.95. The molecule has 0 bridgehead atoms. The zero-order valence-electron chi connectivity index (χ0n) is 13.6. The lowest BCUT2D eigenvalue weighted by molar-refractivity contribution is 0.321. The fraction of sp³-hybridized carbons (Fsp3) is 0.667. The van der Waals surface area contributed by atoms with Crippen LogP contribution in [0.4, 0.5) is 10.1 Å². The summed E-state index contributed by atoms with van der Waals surface area (Å²) in [7, 11) is 2.11. The van der Waals surface area contributed by atoms with Crippen molar-refractivity contribution in [2.75, 3.05) is 11.9 Å². The van der Waals surface area contributed by atoms with Gasteiger partial charge in [-0.25, -0.2) is 4.39 Å². The van der Waals surface area contributed by atoms with Crippen LogP contribution in [0.25, 0.3) is 0 Å². The highest BCUT2D eigenvalue weighted by molar-refractivity contribution is 5.55. The molecule has 1 aromatic carbocycles. The maximum atomic E-state index is 14.3. The van der Waals surface area contributed by atoms with E-state index in [2.05, 4.69) is 25.8 Å². The van der Waals surface area contributed by atoms with Gasteiger partial charge in [0.05, 0.1) is 0 Å². The molecule has 1 aliphatic rings. The zero-order valence-corrected chi connectivity index (χ0v) is 13.6. The molecule has 3 heteroatoms. The van der Waals surface area contributed by atoms with E-state index in [0.717, 1.165) is 17.7 Å². The second-order valence-corrected chi connectivity index (χ2v) is 6.55. The number of nitrogens with two attached hydrogens (primary N) is 1. The first-order valence-corrected chi connectivity index (χ1v) is 8.30. The van der Waals surface area contributed by atoms with E-state index in [1.54, 1.807) is 6.07 Å². The number of halogens is 1. The molecule has 0 aromatic heterocycles. The molecule has 0 radical (unpaired) electrons. The van der Waals surface area contributed by atoms with Crippen LogP contribution in [0.15, 0.2) is 18.2 Å². The van der Waals surface area contributed by atoms with E-state index >= 15 is 0 Å². The van der Waals surface area contributed by atoms with E-state index in [1.807, 2.05) is 12.1 Å². The smallest absolute Gasteiger partial charge is 0.128 e. The Morgan fingerprint density at radius 1 is 1.33 bits per heavy atom. The first-order valence-electron chi connectivity index (χ1n) is 8.30. The van der Waals surface area contributed by atoms with Gasteiger partial charge in [-0.3, -0.25) is 0 Å². The molecule has 0 heterocycles. The predicted molar refractivity (Wildman–Crippen MR) is 88.2 cm³/mol. The van der Waals surface area contributed by atoms with Crippen molar-refractivity contribution in [2.24, 2.45) is 11.7 Å². The van der Waals surface area contributed by atoms with E-state index in [4.69, 9.17) is 5.73 Å². The normalized spacial score (nSPS) is 23.9. The Morgan fingerprint density at radius 2 is 2.05 bits per heavy atom. The lowest BCUT2D eigenvalue weighted by Crippen LogP contribution is -2.40. The van der Waals surface area contributed by atoms with Crippen molar-refractivity contribution in [3.8, 4) is 0 Å². The molecule has 3 atom stereocenters. The quantitative estimate of drug-likeness (QED) is 0.884. The zero-order chi connectivity index (χ0) is 15.4. The lowest BCUT2D eigenvalue weighted by atomic mass is 9.84. The van der Waals surface area contributed by atoms with Crippen LogP contribution in [-0.2, 0) is 6.42 Å². The summed E-state index contributed by atoms with van der Waals surface area (Å²) in [5.41, 5.74) is 7.87. The Morgan fingerprint density at radius 3 is 2.71 bits per heavy atom. The highest BCUT2D eigenvalue weighted by Gasteiger charge is 2.27. The summed E-state index contributed by atoms with van der Waals surface area (Å²) in [5.74, 6) is 0.548. The minimum atomic E-state index is -0.119. The Hall–Kier alpha value is -1.09. The van der Waals surface area contributed by atoms with Crippen molar-refractivity contribution in [1.29, 1.82) is 0 Å². The molecule has 2 N–H and O–H groups in total. The first-order chi connectivity index (χ1) is 10.0. The van der Waals surface area contributed by atoms with E-state index in [1.165, 1.54) is 25.7 Å². The maximum Gasteiger partial charge on any atom is 0.128 e. The molecule has 21 heavy (non-hydrogen) atoms. The van der Waals surface area contributed by atoms with E-state index in [-0.39, 0.29) is 11.9 Å². The number of anilines is 1. The van der Waals surface area contributed by atoms with Crippen molar-refractivity contribution >= 4 is 5.69 Å². The molecular weight excluding hydrogens is 263 g/mol. The third-order valence-corrected chi connectivity index (χ3v) is 5.03. The monoisotopic (exact) mass is 292 g/mol. The number of hydrogen-bond donors (Lipinski definition) is 1. The van der Waals surface area contributed by atoms with Gasteiger partial charge in [-0.15, -0.1) is 0 Å². The van der Waals surface area contributed by atoms with Crippen LogP contribution in [0.5, 0.6) is 0 Å². The molecule has 0 amide bonds. The average molecular weight is 292 g/mol. The Bertz CT molecular complexity index is 461. The first kappa shape index (κ1) is 16.3. The standard InChI is InChI=1S/C18H29FN2/c1-4-14(20)12-15-16(19)9-7-11-18(15)21(3)17-10-6-5-8-13(17)2/h7,9,11,13-14,17H,4-6,8,10,12,20H2,1-3H3. The van der Waals surface area contributed by atoms with Crippen LogP contribution in [0, 0.1) is 11.7 Å². The van der Waals surface area contributed by atoms with E-state index in [0.29, 0.717) is 18.4 Å². The molecule has 1 saturated carbocycles. The number of hydrogen-bond acceptors (Lipinski definition) is 2. The van der Waals surface area contributed by atoms with Crippen molar-refractivity contribution < 1.29 is 4.39 Å². The van der Waals surface area contributed by atoms with Gasteiger partial charge in [0, 0.05) is 30.4 Å². The van der Waals surface area contributed by atoms with Gasteiger partial charge in [0.1, 0.15) is 5.82 Å². The van der Waals surface area contributed by atoms with Gasteiger partial charge in [-0.05, 0) is 43.7 Å². The van der Waals surface area contributed by atoms with Crippen LogP contribution in [0.1, 0.15) is 51.5 Å². The molecule has 0 spiro atoms. The summed E-state index contributed by atoms with van der Waals surface area (Å²) in [4.78, 5) is 2.30. The molecule has 0 aliphatic heterocycles. The third-order valence-electron chi connectivity index (χ3n) is 5.03. The minimum Gasteiger partial charge on any atom is -0.371 e. The fourth-order valence-electron chi connectivity index (χ4n) is 3.54. The lowest BCUT2D eigenvalue weighted by Gasteiger charge is -2.38. The highest BCUT2D eigenvalue weighted by atomic mass is 19.1. The van der Waals surface area contributed by atoms with Crippen LogP contribution < -0.4 is 10.6 Å². The molecule has 0 saturated heterocycles. The molecular formula is C18H29FN2. The third kappa shape index (κ3) is 3.76. The van der Waals surface area contributed by atoms with Gasteiger partial charge >= 0.3 is 0 Å². The average Bonchev–Trinajstić information content (AvgIpc) is 2.49. The van der Waals surface area contributed by atoms with Crippen LogP contribution in [-0.4, -0.2) is 19.1 Å². The van der Waals surface area contributed by atoms with Gasteiger partial charge in [0.15, 0.2) is 0 Å². The predicted octanol–water partition coefficient (Wildman–Crippen LogP) is 4.12. The van der Waals surface area contributed by atoms with Crippen LogP contribution >= 0.6 is 0 Å². The van der Waals surface area contributed by atoms with Gasteiger partial charge in [-0.2, -0.15) is 0 Å². The maximum absolute atomic E-state index is 14.3. The highest BCUT2D eigenvalue weighted by Crippen LogP contribution is 2.33. The minimum absolute atomic E-state index is 0.0258. The van der Waals surface area contributed by atoms with E-state index < -0.39 is 0 Å². The topological polar surface area (TPSA) is 29.3 Å². The SMILES string of the molecule is CCC(N)Cc1c(F)cccc1N(C)C1CCCCC1C. The largest absolute Gasteiger partial charge is 0.371 e. The van der Waals surface area contributed by atoms with Crippen molar-refractivity contribution in [3.63, 3.8) is 0 Å². The van der Waals surface area contributed by atoms with Gasteiger partial charge in [0.25, 0.3) is 0 Å². The van der Waals surface area contributed by atoms with E-state index in [9.17, 15) is 4.39 Å². The number of nitrogens with zero attached hydrogens (tertiary/aromatic N) is 1. The molecule has 1 aliphatic carbocycles. The summed E-state index contributed by atoms with van der Waals surface area (Å²) >= 11 is 0. The van der Waals surface area contributed by atoms with Crippen molar-refractivity contribution in [2.45, 2.75) is 64.5 Å². The second-order valence-electron chi connectivity index (χ2n) is 6.55. The van der Waals surface area contributed by atoms with Crippen molar-refractivity contribution in [3.05, 3.63) is 29.6 Å². The van der Waals surface area contributed by atoms with Gasteiger partial charge in [0.2, 0.25) is 0 Å². The summed E-state index contributed by atoms with van der Waals surface area (Å²) in [5, 5.41) is 0. The molecule has 2 rings (SSSR count). The molecule has 1 fully saturated rings. The molecule has 118 valence electrons. The Kier molecular flexibility index (Phi) is 5.63. The summed E-state index contributed by atoms with van der Waals surface area (Å²) in [6.07, 6.45) is 6.56. The van der Waals surface area contributed by atoms with Crippen LogP contribution in [0.2, 0.25) is 0 Å². The Balaban J connectivity index is 2.27. The van der Waals surface area contributed by atoms with Gasteiger partial charge in [-0.1, -0.05) is 32.8 Å². The number of rotatable bonds is 5. The molecule has 2 nitrogen and oxygen atoms in total. The second kappa shape index (κ2) is 7.26. The van der Waals surface area contributed by atoms with Crippen molar-refractivity contribution in [1.82, 2.24) is 0 Å². The van der Waals surface area contributed by atoms with Crippen LogP contribution in [0.3, 0.4) is 0 Å². The summed E-state index contributed by atoms with van der Waals surface area (Å²) in [6.45, 7) is 4.37. The Labute approximate surface area is 128 Å². The molecule has 3 unspecified atom stereocenters. The number of benzene rings is 1. The molecule has 1 aromatic rings. The van der Waals surface area contributed by atoms with Gasteiger partial charge < -0.3 is 10.6 Å².